The Labute approximate surface area is 89.5 Å². The third-order valence-corrected chi connectivity index (χ3v) is 2.86. The SMILES string of the molecule is Cc1ccc2c(c1)C(COS(C)(=O)=O)=C2. The summed E-state index contributed by atoms with van der Waals surface area (Å²) in [6, 6.07) is 6.09. The van der Waals surface area contributed by atoms with Crippen molar-refractivity contribution in [2.75, 3.05) is 12.9 Å². The van der Waals surface area contributed by atoms with Crippen LogP contribution in [0.5, 0.6) is 0 Å². The van der Waals surface area contributed by atoms with Gasteiger partial charge in [-0.25, -0.2) is 0 Å². The lowest BCUT2D eigenvalue weighted by molar-refractivity contribution is 0.367. The maximum atomic E-state index is 10.8. The number of aryl methyl sites for hydroxylation is 1. The Kier molecular flexibility index (Phi) is 2.40. The molecule has 1 aromatic rings. The van der Waals surface area contributed by atoms with Crippen LogP contribution in [-0.2, 0) is 14.3 Å². The van der Waals surface area contributed by atoms with Gasteiger partial charge in [0, 0.05) is 0 Å². The van der Waals surface area contributed by atoms with Crippen LogP contribution in [-0.4, -0.2) is 21.3 Å². The molecule has 0 bridgehead atoms. The topological polar surface area (TPSA) is 43.4 Å². The van der Waals surface area contributed by atoms with Crippen molar-refractivity contribution < 1.29 is 12.6 Å². The highest BCUT2D eigenvalue weighted by Gasteiger charge is 2.17. The molecule has 0 atom stereocenters. The van der Waals surface area contributed by atoms with E-state index in [1.807, 2.05) is 31.2 Å². The van der Waals surface area contributed by atoms with Gasteiger partial charge in [-0.05, 0) is 29.7 Å². The Morgan fingerprint density at radius 3 is 2.73 bits per heavy atom. The predicted molar refractivity (Wildman–Crippen MR) is 59.8 cm³/mol. The van der Waals surface area contributed by atoms with Crippen LogP contribution in [0.1, 0.15) is 16.7 Å². The summed E-state index contributed by atoms with van der Waals surface area (Å²) in [7, 11) is -3.35. The zero-order chi connectivity index (χ0) is 11.1. The molecule has 0 heterocycles. The molecule has 1 aromatic carbocycles. The van der Waals surface area contributed by atoms with Crippen molar-refractivity contribution in [1.29, 1.82) is 0 Å². The Morgan fingerprint density at radius 2 is 2.07 bits per heavy atom. The monoisotopic (exact) mass is 224 g/mol. The van der Waals surface area contributed by atoms with Gasteiger partial charge in [-0.2, -0.15) is 8.42 Å². The number of fused-ring (bicyclic) bond motifs is 1. The van der Waals surface area contributed by atoms with E-state index in [1.54, 1.807) is 0 Å². The van der Waals surface area contributed by atoms with Crippen molar-refractivity contribution in [2.45, 2.75) is 6.92 Å². The highest BCUT2D eigenvalue weighted by Crippen LogP contribution is 2.33. The van der Waals surface area contributed by atoms with Crippen molar-refractivity contribution in [3.05, 3.63) is 34.9 Å². The van der Waals surface area contributed by atoms with Crippen LogP contribution in [0.3, 0.4) is 0 Å². The standard InChI is InChI=1S/C11H12O3S/c1-8-3-4-9-6-10(11(9)5-8)7-14-15(2,12)13/h3-6H,7H2,1-2H3. The minimum Gasteiger partial charge on any atom is -0.265 e. The summed E-state index contributed by atoms with van der Waals surface area (Å²) in [5.74, 6) is 0. The number of hydrogen-bond donors (Lipinski definition) is 0. The highest BCUT2D eigenvalue weighted by atomic mass is 32.2. The van der Waals surface area contributed by atoms with E-state index in [0.29, 0.717) is 0 Å². The zero-order valence-corrected chi connectivity index (χ0v) is 9.47. The molecule has 80 valence electrons. The quantitative estimate of drug-likeness (QED) is 0.736. The van der Waals surface area contributed by atoms with E-state index in [9.17, 15) is 8.42 Å². The largest absolute Gasteiger partial charge is 0.265 e. The zero-order valence-electron chi connectivity index (χ0n) is 8.65. The Hall–Kier alpha value is -1.13. The number of hydrogen-bond acceptors (Lipinski definition) is 3. The molecule has 0 unspecified atom stereocenters. The fourth-order valence-corrected chi connectivity index (χ4v) is 1.89. The van der Waals surface area contributed by atoms with Crippen molar-refractivity contribution in [2.24, 2.45) is 0 Å². The lowest BCUT2D eigenvalue weighted by atomic mass is 9.88. The summed E-state index contributed by atoms with van der Waals surface area (Å²) in [4.78, 5) is 0. The molecule has 0 saturated heterocycles. The van der Waals surface area contributed by atoms with E-state index in [0.717, 1.165) is 23.0 Å². The fraction of sp³-hybridized carbons (Fsp3) is 0.273. The van der Waals surface area contributed by atoms with E-state index in [2.05, 4.69) is 0 Å². The molecule has 0 N–H and O–H groups in total. The van der Waals surface area contributed by atoms with Gasteiger partial charge in [-0.3, -0.25) is 4.18 Å². The summed E-state index contributed by atoms with van der Waals surface area (Å²) >= 11 is 0. The van der Waals surface area contributed by atoms with E-state index in [-0.39, 0.29) is 6.61 Å². The van der Waals surface area contributed by atoms with Crippen molar-refractivity contribution in [3.63, 3.8) is 0 Å². The lowest BCUT2D eigenvalue weighted by Gasteiger charge is -2.19. The van der Waals surface area contributed by atoms with Gasteiger partial charge in [0.2, 0.25) is 0 Å². The van der Waals surface area contributed by atoms with Gasteiger partial charge in [0.1, 0.15) is 0 Å². The normalized spacial score (nSPS) is 14.1. The molecule has 2 rings (SSSR count). The van der Waals surface area contributed by atoms with E-state index >= 15 is 0 Å². The summed E-state index contributed by atoms with van der Waals surface area (Å²) in [6.07, 6.45) is 3.00. The summed E-state index contributed by atoms with van der Waals surface area (Å²) in [5, 5.41) is 0. The lowest BCUT2D eigenvalue weighted by Crippen LogP contribution is -2.10. The van der Waals surface area contributed by atoms with Gasteiger partial charge in [0.25, 0.3) is 10.1 Å². The first-order chi connectivity index (χ1) is 6.96. The molecular formula is C11H12O3S. The molecule has 1 aliphatic carbocycles. The van der Waals surface area contributed by atoms with Crippen LogP contribution in [0.15, 0.2) is 18.2 Å². The third kappa shape index (κ3) is 2.27. The molecule has 0 spiro atoms. The van der Waals surface area contributed by atoms with Crippen molar-refractivity contribution in [1.82, 2.24) is 0 Å². The summed E-state index contributed by atoms with van der Waals surface area (Å²) in [6.45, 7) is 2.14. The second-order valence-corrected chi connectivity index (χ2v) is 5.37. The molecule has 15 heavy (non-hydrogen) atoms. The number of benzene rings is 1. The Morgan fingerprint density at radius 1 is 1.33 bits per heavy atom. The average Bonchev–Trinajstić information content (AvgIpc) is 2.08. The van der Waals surface area contributed by atoms with Crippen LogP contribution in [0.2, 0.25) is 0 Å². The van der Waals surface area contributed by atoms with E-state index in [4.69, 9.17) is 4.18 Å². The molecular weight excluding hydrogens is 212 g/mol. The maximum absolute atomic E-state index is 10.8. The molecule has 4 heteroatoms. The van der Waals surface area contributed by atoms with Crippen LogP contribution in [0.25, 0.3) is 11.6 Å². The second-order valence-electron chi connectivity index (χ2n) is 3.73. The Balaban J connectivity index is 2.11. The molecule has 3 nitrogen and oxygen atoms in total. The minimum atomic E-state index is -3.35. The average molecular weight is 224 g/mol. The van der Waals surface area contributed by atoms with E-state index < -0.39 is 10.1 Å². The first-order valence-corrected chi connectivity index (χ1v) is 6.43. The van der Waals surface area contributed by atoms with Crippen molar-refractivity contribution >= 4 is 21.8 Å². The summed E-state index contributed by atoms with van der Waals surface area (Å²) in [5.41, 5.74) is 4.35. The van der Waals surface area contributed by atoms with Crippen molar-refractivity contribution in [3.8, 4) is 0 Å². The first-order valence-electron chi connectivity index (χ1n) is 4.62. The molecule has 0 fully saturated rings. The van der Waals surface area contributed by atoms with Crippen LogP contribution >= 0.6 is 0 Å². The highest BCUT2D eigenvalue weighted by molar-refractivity contribution is 7.86. The number of rotatable bonds is 3. The molecule has 0 aromatic heterocycles. The molecule has 0 saturated carbocycles. The molecule has 1 aliphatic rings. The first kappa shape index (κ1) is 10.4. The van der Waals surface area contributed by atoms with Gasteiger partial charge in [0.05, 0.1) is 12.9 Å². The van der Waals surface area contributed by atoms with Crippen LogP contribution < -0.4 is 0 Å². The van der Waals surface area contributed by atoms with Gasteiger partial charge >= 0.3 is 0 Å². The van der Waals surface area contributed by atoms with Crippen LogP contribution in [0.4, 0.5) is 0 Å². The van der Waals surface area contributed by atoms with Gasteiger partial charge in [0.15, 0.2) is 0 Å². The minimum absolute atomic E-state index is 0.134. The van der Waals surface area contributed by atoms with Crippen LogP contribution in [0, 0.1) is 6.92 Å². The fourth-order valence-electron chi connectivity index (χ4n) is 1.55. The maximum Gasteiger partial charge on any atom is 0.264 e. The molecule has 0 amide bonds. The Bertz CT molecular complexity index is 527. The van der Waals surface area contributed by atoms with Gasteiger partial charge < -0.3 is 0 Å². The predicted octanol–water partition coefficient (Wildman–Crippen LogP) is 1.83. The molecule has 0 aliphatic heterocycles. The smallest absolute Gasteiger partial charge is 0.264 e. The second kappa shape index (κ2) is 3.47. The van der Waals surface area contributed by atoms with E-state index in [1.165, 1.54) is 5.56 Å². The van der Waals surface area contributed by atoms with Gasteiger partial charge in [-0.1, -0.05) is 23.8 Å². The summed E-state index contributed by atoms with van der Waals surface area (Å²) < 4.78 is 26.3. The third-order valence-electron chi connectivity index (χ3n) is 2.31. The molecule has 0 radical (unpaired) electrons. The van der Waals surface area contributed by atoms with Gasteiger partial charge in [-0.15, -0.1) is 0 Å².